The van der Waals surface area contributed by atoms with E-state index in [2.05, 4.69) is 20.2 Å². The summed E-state index contributed by atoms with van der Waals surface area (Å²) in [7, 11) is 0. The fourth-order valence-electron chi connectivity index (χ4n) is 3.18. The zero-order chi connectivity index (χ0) is 20.2. The van der Waals surface area contributed by atoms with E-state index in [9.17, 15) is 4.79 Å². The highest BCUT2D eigenvalue weighted by Crippen LogP contribution is 2.17. The van der Waals surface area contributed by atoms with E-state index in [1.165, 1.54) is 0 Å². The average molecular weight is 409 g/mol. The van der Waals surface area contributed by atoms with E-state index in [1.807, 2.05) is 60.5 Å². The quantitative estimate of drug-likeness (QED) is 0.621. The second kappa shape index (κ2) is 8.45. The number of carbonyl (C=O) groups excluding carboxylic acids is 1. The van der Waals surface area contributed by atoms with E-state index in [-0.39, 0.29) is 5.91 Å². The van der Waals surface area contributed by atoms with Crippen LogP contribution in [-0.2, 0) is 4.79 Å². The molecule has 0 N–H and O–H groups in total. The maximum atomic E-state index is 12.5. The lowest BCUT2D eigenvalue weighted by molar-refractivity contribution is -0.126. The highest BCUT2D eigenvalue weighted by Gasteiger charge is 2.21. The van der Waals surface area contributed by atoms with Gasteiger partial charge in [0.15, 0.2) is 11.6 Å². The first-order valence-corrected chi connectivity index (χ1v) is 9.81. The number of anilines is 1. The molecule has 2 aromatic heterocycles. The van der Waals surface area contributed by atoms with E-state index in [4.69, 9.17) is 11.6 Å². The van der Waals surface area contributed by atoms with Crippen molar-refractivity contribution in [3.63, 3.8) is 0 Å². The molecule has 0 spiro atoms. The maximum Gasteiger partial charge on any atom is 0.246 e. The Bertz CT molecular complexity index is 1020. The molecule has 148 valence electrons. The molecule has 8 heteroatoms. The summed E-state index contributed by atoms with van der Waals surface area (Å²) in [5.41, 5.74) is 1.77. The summed E-state index contributed by atoms with van der Waals surface area (Å²) in [5.74, 6) is 1.47. The van der Waals surface area contributed by atoms with Crippen molar-refractivity contribution in [1.29, 1.82) is 0 Å². The van der Waals surface area contributed by atoms with E-state index >= 15 is 0 Å². The largest absolute Gasteiger partial charge is 0.352 e. The van der Waals surface area contributed by atoms with Crippen LogP contribution in [0.1, 0.15) is 11.3 Å². The van der Waals surface area contributed by atoms with Gasteiger partial charge >= 0.3 is 0 Å². The normalized spacial score (nSPS) is 14.6. The molecule has 7 nitrogen and oxygen atoms in total. The molecule has 3 heterocycles. The molecular formula is C21H21ClN6O. The molecule has 0 bridgehead atoms. The summed E-state index contributed by atoms with van der Waals surface area (Å²) in [6, 6.07) is 13.2. The van der Waals surface area contributed by atoms with Crippen molar-refractivity contribution in [2.75, 3.05) is 31.1 Å². The molecule has 0 atom stereocenters. The standard InChI is InChI=1S/C21H21ClN6O/c1-16-10-11-28(25-16)20-8-7-19(23-24-20)26-12-14-27(15-13-26)21(29)9-6-17-4-2-3-5-18(17)22/h2-11H,12-15H2,1H3/b9-6+. The van der Waals surface area contributed by atoms with Crippen LogP contribution in [0.25, 0.3) is 11.9 Å². The summed E-state index contributed by atoms with van der Waals surface area (Å²) in [6.07, 6.45) is 5.20. The fourth-order valence-corrected chi connectivity index (χ4v) is 3.38. The van der Waals surface area contributed by atoms with Crippen LogP contribution in [0.4, 0.5) is 5.82 Å². The van der Waals surface area contributed by atoms with Crippen LogP contribution in [0.5, 0.6) is 0 Å². The van der Waals surface area contributed by atoms with Gasteiger partial charge in [0.25, 0.3) is 0 Å². The third kappa shape index (κ3) is 4.46. The minimum Gasteiger partial charge on any atom is -0.352 e. The number of rotatable bonds is 4. The van der Waals surface area contributed by atoms with Crippen LogP contribution in [0.3, 0.4) is 0 Å². The Morgan fingerprint density at radius 1 is 1.00 bits per heavy atom. The summed E-state index contributed by atoms with van der Waals surface area (Å²) in [5, 5.41) is 13.6. The van der Waals surface area contributed by atoms with Crippen molar-refractivity contribution in [2.24, 2.45) is 0 Å². The Morgan fingerprint density at radius 2 is 1.72 bits per heavy atom. The molecule has 1 fully saturated rings. The summed E-state index contributed by atoms with van der Waals surface area (Å²) < 4.78 is 1.70. The minimum atomic E-state index is -0.0138. The molecule has 1 aliphatic rings. The number of amides is 1. The number of carbonyl (C=O) groups is 1. The molecule has 1 saturated heterocycles. The van der Waals surface area contributed by atoms with Gasteiger partial charge in [-0.3, -0.25) is 4.79 Å². The molecule has 1 aliphatic heterocycles. The first-order chi connectivity index (χ1) is 14.1. The lowest BCUT2D eigenvalue weighted by atomic mass is 10.2. The van der Waals surface area contributed by atoms with Crippen LogP contribution in [-0.4, -0.2) is 57.0 Å². The molecule has 1 aromatic carbocycles. The topological polar surface area (TPSA) is 67.2 Å². The summed E-state index contributed by atoms with van der Waals surface area (Å²) >= 11 is 6.13. The van der Waals surface area contributed by atoms with Crippen LogP contribution < -0.4 is 4.90 Å². The Labute approximate surface area is 174 Å². The number of hydrogen-bond donors (Lipinski definition) is 0. The lowest BCUT2D eigenvalue weighted by Crippen LogP contribution is -2.48. The van der Waals surface area contributed by atoms with Gasteiger partial charge in [0.1, 0.15) is 0 Å². The highest BCUT2D eigenvalue weighted by molar-refractivity contribution is 6.32. The average Bonchev–Trinajstić information content (AvgIpc) is 3.19. The van der Waals surface area contributed by atoms with Gasteiger partial charge in [-0.2, -0.15) is 5.10 Å². The predicted octanol–water partition coefficient (Wildman–Crippen LogP) is 2.99. The third-order valence-corrected chi connectivity index (χ3v) is 5.16. The van der Waals surface area contributed by atoms with Crippen molar-refractivity contribution in [2.45, 2.75) is 6.92 Å². The first kappa shape index (κ1) is 19.1. The summed E-state index contributed by atoms with van der Waals surface area (Å²) in [4.78, 5) is 16.4. The van der Waals surface area contributed by atoms with E-state index in [1.54, 1.807) is 16.8 Å². The van der Waals surface area contributed by atoms with Gasteiger partial charge in [-0.15, -0.1) is 10.2 Å². The van der Waals surface area contributed by atoms with Gasteiger partial charge in [-0.1, -0.05) is 29.8 Å². The molecule has 3 aromatic rings. The van der Waals surface area contributed by atoms with Crippen LogP contribution >= 0.6 is 11.6 Å². The van der Waals surface area contributed by atoms with E-state index in [0.717, 1.165) is 17.1 Å². The lowest BCUT2D eigenvalue weighted by Gasteiger charge is -2.34. The zero-order valence-electron chi connectivity index (χ0n) is 16.1. The highest BCUT2D eigenvalue weighted by atomic mass is 35.5. The SMILES string of the molecule is Cc1ccn(-c2ccc(N3CCN(C(=O)/C=C/c4ccccc4Cl)CC3)nn2)n1. The monoisotopic (exact) mass is 408 g/mol. The summed E-state index contributed by atoms with van der Waals surface area (Å²) in [6.45, 7) is 4.62. The number of aryl methyl sites for hydroxylation is 1. The van der Waals surface area contributed by atoms with Crippen molar-refractivity contribution in [3.8, 4) is 5.82 Å². The molecule has 0 saturated carbocycles. The number of aromatic nitrogens is 4. The Morgan fingerprint density at radius 3 is 2.38 bits per heavy atom. The van der Waals surface area contributed by atoms with Crippen LogP contribution in [0.2, 0.25) is 5.02 Å². The van der Waals surface area contributed by atoms with Crippen molar-refractivity contribution < 1.29 is 4.79 Å². The molecule has 29 heavy (non-hydrogen) atoms. The fraction of sp³-hybridized carbons (Fsp3) is 0.238. The molecule has 4 rings (SSSR count). The number of piperazine rings is 1. The Kier molecular flexibility index (Phi) is 5.57. The third-order valence-electron chi connectivity index (χ3n) is 4.82. The molecule has 0 radical (unpaired) electrons. The smallest absolute Gasteiger partial charge is 0.246 e. The van der Waals surface area contributed by atoms with Gasteiger partial charge in [-0.25, -0.2) is 4.68 Å². The minimum absolute atomic E-state index is 0.0138. The molecule has 1 amide bonds. The van der Waals surface area contributed by atoms with Gasteiger partial charge in [0, 0.05) is 43.5 Å². The zero-order valence-corrected chi connectivity index (χ0v) is 16.8. The number of hydrogen-bond acceptors (Lipinski definition) is 5. The van der Waals surface area contributed by atoms with Crippen LogP contribution in [0, 0.1) is 6.92 Å². The Hall–Kier alpha value is -3.19. The van der Waals surface area contributed by atoms with Gasteiger partial charge < -0.3 is 9.80 Å². The van der Waals surface area contributed by atoms with Crippen molar-refractivity contribution >= 4 is 29.4 Å². The van der Waals surface area contributed by atoms with Crippen LogP contribution in [0.15, 0.2) is 54.7 Å². The number of benzene rings is 1. The molecule has 0 aliphatic carbocycles. The Balaban J connectivity index is 1.34. The molecular weight excluding hydrogens is 388 g/mol. The van der Waals surface area contributed by atoms with Gasteiger partial charge in [0.2, 0.25) is 5.91 Å². The number of halogens is 1. The van der Waals surface area contributed by atoms with Gasteiger partial charge in [0.05, 0.1) is 5.69 Å². The van der Waals surface area contributed by atoms with Gasteiger partial charge in [-0.05, 0) is 42.8 Å². The maximum absolute atomic E-state index is 12.5. The first-order valence-electron chi connectivity index (χ1n) is 9.43. The second-order valence-electron chi connectivity index (χ2n) is 6.82. The van der Waals surface area contributed by atoms with Crippen molar-refractivity contribution in [1.82, 2.24) is 24.9 Å². The van der Waals surface area contributed by atoms with E-state index in [0.29, 0.717) is 37.0 Å². The van der Waals surface area contributed by atoms with Crippen molar-refractivity contribution in [3.05, 3.63) is 71.0 Å². The molecule has 0 unspecified atom stereocenters. The van der Waals surface area contributed by atoms with E-state index < -0.39 is 0 Å². The predicted molar refractivity (Wildman–Crippen MR) is 113 cm³/mol. The number of nitrogens with zero attached hydrogens (tertiary/aromatic N) is 6. The second-order valence-corrected chi connectivity index (χ2v) is 7.23.